The predicted molar refractivity (Wildman–Crippen MR) is 89.2 cm³/mol. The van der Waals surface area contributed by atoms with Gasteiger partial charge in [-0.25, -0.2) is 0 Å². The van der Waals surface area contributed by atoms with Gasteiger partial charge < -0.3 is 15.0 Å². The lowest BCUT2D eigenvalue weighted by Crippen LogP contribution is -2.40. The average Bonchev–Trinajstić information content (AvgIpc) is 2.93. The van der Waals surface area contributed by atoms with E-state index >= 15 is 0 Å². The fourth-order valence-electron chi connectivity index (χ4n) is 2.67. The summed E-state index contributed by atoms with van der Waals surface area (Å²) in [4.78, 5) is 7.10. The zero-order valence-corrected chi connectivity index (χ0v) is 13.3. The van der Waals surface area contributed by atoms with Gasteiger partial charge in [-0.1, -0.05) is 18.2 Å². The summed E-state index contributed by atoms with van der Waals surface area (Å²) < 4.78 is 5.07. The number of hydrogen-bond acceptors (Lipinski definition) is 2. The molecule has 0 saturated heterocycles. The van der Waals surface area contributed by atoms with Crippen molar-refractivity contribution < 1.29 is 4.74 Å². The molecule has 0 aromatic heterocycles. The van der Waals surface area contributed by atoms with Crippen LogP contribution >= 0.6 is 0 Å². The molecule has 0 atom stereocenters. The number of guanidine groups is 1. The number of aliphatic imine (C=N–C) groups is 1. The minimum atomic E-state index is 0.850. The number of unbranched alkanes of at least 4 members (excludes halogenated alkanes) is 2. The molecule has 1 N–H and O–H groups in total. The maximum atomic E-state index is 5.07. The van der Waals surface area contributed by atoms with Gasteiger partial charge in [-0.3, -0.25) is 4.99 Å². The van der Waals surface area contributed by atoms with Gasteiger partial charge in [0.2, 0.25) is 0 Å². The smallest absolute Gasteiger partial charge is 0.198 e. The first-order valence-electron chi connectivity index (χ1n) is 7.99. The summed E-state index contributed by atoms with van der Waals surface area (Å²) in [5.41, 5.74) is 2.72. The van der Waals surface area contributed by atoms with E-state index in [0.29, 0.717) is 0 Å². The maximum Gasteiger partial charge on any atom is 0.198 e. The molecular weight excluding hydrogens is 262 g/mol. The summed E-state index contributed by atoms with van der Waals surface area (Å²) in [6.45, 7) is 5.78. The van der Waals surface area contributed by atoms with Crippen molar-refractivity contribution in [2.75, 3.05) is 38.3 Å². The third-order valence-electron chi connectivity index (χ3n) is 3.75. The number of benzene rings is 1. The number of rotatable bonds is 7. The topological polar surface area (TPSA) is 36.9 Å². The van der Waals surface area contributed by atoms with E-state index in [4.69, 9.17) is 9.73 Å². The van der Waals surface area contributed by atoms with Crippen LogP contribution in [0.5, 0.6) is 0 Å². The molecule has 1 heterocycles. The maximum absolute atomic E-state index is 5.07. The molecule has 4 nitrogen and oxygen atoms in total. The molecule has 4 heteroatoms. The van der Waals surface area contributed by atoms with E-state index in [2.05, 4.69) is 41.4 Å². The number of methoxy groups -OCH3 is 1. The molecule has 21 heavy (non-hydrogen) atoms. The van der Waals surface area contributed by atoms with Crippen molar-refractivity contribution in [3.63, 3.8) is 0 Å². The van der Waals surface area contributed by atoms with E-state index in [0.717, 1.165) is 51.5 Å². The van der Waals surface area contributed by atoms with Crippen LogP contribution < -0.4 is 10.2 Å². The van der Waals surface area contributed by atoms with Gasteiger partial charge in [-0.2, -0.15) is 0 Å². The van der Waals surface area contributed by atoms with E-state index in [1.54, 1.807) is 7.11 Å². The summed E-state index contributed by atoms with van der Waals surface area (Å²) in [7, 11) is 1.76. The lowest BCUT2D eigenvalue weighted by atomic mass is 10.2. The average molecular weight is 289 g/mol. The zero-order chi connectivity index (χ0) is 14.9. The van der Waals surface area contributed by atoms with Crippen molar-refractivity contribution in [2.24, 2.45) is 4.99 Å². The number of hydrogen-bond donors (Lipinski definition) is 1. The van der Waals surface area contributed by atoms with Gasteiger partial charge in [0, 0.05) is 39.0 Å². The molecule has 1 aromatic carbocycles. The third kappa shape index (κ3) is 4.46. The molecule has 0 amide bonds. The van der Waals surface area contributed by atoms with Gasteiger partial charge in [0.1, 0.15) is 0 Å². The van der Waals surface area contributed by atoms with Crippen LogP contribution in [0.3, 0.4) is 0 Å². The van der Waals surface area contributed by atoms with Gasteiger partial charge in [-0.05, 0) is 44.2 Å². The van der Waals surface area contributed by atoms with Gasteiger partial charge in [0.25, 0.3) is 0 Å². The van der Waals surface area contributed by atoms with Gasteiger partial charge >= 0.3 is 0 Å². The standard InChI is InChI=1S/C17H27N3O/c1-3-18-17(19-12-7-4-8-14-21-2)20-13-11-15-9-5-6-10-16(15)20/h5-6,9-10H,3-4,7-8,11-14H2,1-2H3,(H,18,19). The SMILES string of the molecule is CCNC(=NCCCCCOC)N1CCc2ccccc21. The largest absolute Gasteiger partial charge is 0.385 e. The molecular formula is C17H27N3O. The van der Waals surface area contributed by atoms with Crippen molar-refractivity contribution >= 4 is 11.6 Å². The van der Waals surface area contributed by atoms with Crippen LogP contribution in [-0.4, -0.2) is 39.3 Å². The Morgan fingerprint density at radius 3 is 2.95 bits per heavy atom. The van der Waals surface area contributed by atoms with Gasteiger partial charge in [-0.15, -0.1) is 0 Å². The predicted octanol–water partition coefficient (Wildman–Crippen LogP) is 2.83. The lowest BCUT2D eigenvalue weighted by molar-refractivity contribution is 0.192. The fourth-order valence-corrected chi connectivity index (χ4v) is 2.67. The summed E-state index contributed by atoms with van der Waals surface area (Å²) >= 11 is 0. The highest BCUT2D eigenvalue weighted by Gasteiger charge is 2.21. The highest BCUT2D eigenvalue weighted by molar-refractivity contribution is 5.97. The van der Waals surface area contributed by atoms with Crippen molar-refractivity contribution in [2.45, 2.75) is 32.6 Å². The Morgan fingerprint density at radius 1 is 1.29 bits per heavy atom. The highest BCUT2D eigenvalue weighted by Crippen LogP contribution is 2.27. The van der Waals surface area contributed by atoms with Crippen LogP contribution in [0.4, 0.5) is 5.69 Å². The Hall–Kier alpha value is -1.55. The number of fused-ring (bicyclic) bond motifs is 1. The molecule has 1 aromatic rings. The highest BCUT2D eigenvalue weighted by atomic mass is 16.5. The van der Waals surface area contributed by atoms with E-state index in [1.165, 1.54) is 17.7 Å². The van der Waals surface area contributed by atoms with Crippen molar-refractivity contribution in [1.82, 2.24) is 5.32 Å². The Labute approximate surface area is 128 Å². The Kier molecular flexibility index (Phi) is 6.54. The van der Waals surface area contributed by atoms with Crippen LogP contribution in [0.1, 0.15) is 31.7 Å². The Morgan fingerprint density at radius 2 is 2.14 bits per heavy atom. The Balaban J connectivity index is 1.93. The number of anilines is 1. The molecule has 0 unspecified atom stereocenters. The van der Waals surface area contributed by atoms with E-state index in [-0.39, 0.29) is 0 Å². The molecule has 1 aliphatic heterocycles. The molecule has 0 saturated carbocycles. The number of para-hydroxylation sites is 1. The first kappa shape index (κ1) is 15.8. The van der Waals surface area contributed by atoms with Crippen molar-refractivity contribution in [3.05, 3.63) is 29.8 Å². The fraction of sp³-hybridized carbons (Fsp3) is 0.588. The van der Waals surface area contributed by atoms with Crippen LogP contribution in [-0.2, 0) is 11.2 Å². The second kappa shape index (κ2) is 8.67. The van der Waals surface area contributed by atoms with E-state index in [9.17, 15) is 0 Å². The summed E-state index contributed by atoms with van der Waals surface area (Å²) in [6, 6.07) is 8.62. The minimum Gasteiger partial charge on any atom is -0.385 e. The van der Waals surface area contributed by atoms with Crippen LogP contribution in [0.2, 0.25) is 0 Å². The van der Waals surface area contributed by atoms with Gasteiger partial charge in [0.15, 0.2) is 5.96 Å². The quantitative estimate of drug-likeness (QED) is 0.476. The Bertz CT molecular complexity index is 459. The van der Waals surface area contributed by atoms with E-state index in [1.807, 2.05) is 0 Å². The molecule has 0 bridgehead atoms. The van der Waals surface area contributed by atoms with E-state index < -0.39 is 0 Å². The number of nitrogens with one attached hydrogen (secondary N) is 1. The third-order valence-corrected chi connectivity index (χ3v) is 3.75. The first-order valence-corrected chi connectivity index (χ1v) is 7.99. The molecule has 2 rings (SSSR count). The van der Waals surface area contributed by atoms with Gasteiger partial charge in [0.05, 0.1) is 0 Å². The minimum absolute atomic E-state index is 0.850. The molecule has 0 radical (unpaired) electrons. The summed E-state index contributed by atoms with van der Waals surface area (Å²) in [5.74, 6) is 1.02. The second-order valence-corrected chi connectivity index (χ2v) is 5.32. The van der Waals surface area contributed by atoms with Crippen LogP contribution in [0.25, 0.3) is 0 Å². The summed E-state index contributed by atoms with van der Waals surface area (Å²) in [6.07, 6.45) is 4.52. The zero-order valence-electron chi connectivity index (χ0n) is 13.3. The first-order chi connectivity index (χ1) is 10.4. The number of nitrogens with zero attached hydrogens (tertiary/aromatic N) is 2. The van der Waals surface area contributed by atoms with Crippen molar-refractivity contribution in [1.29, 1.82) is 0 Å². The van der Waals surface area contributed by atoms with Crippen LogP contribution in [0.15, 0.2) is 29.3 Å². The molecule has 0 spiro atoms. The monoisotopic (exact) mass is 289 g/mol. The normalized spacial score (nSPS) is 14.4. The molecule has 116 valence electrons. The van der Waals surface area contributed by atoms with Crippen molar-refractivity contribution in [3.8, 4) is 0 Å². The molecule has 0 fully saturated rings. The molecule has 1 aliphatic rings. The van der Waals surface area contributed by atoms with Crippen LogP contribution in [0, 0.1) is 0 Å². The lowest BCUT2D eigenvalue weighted by Gasteiger charge is -2.22. The second-order valence-electron chi connectivity index (χ2n) is 5.32. The molecule has 0 aliphatic carbocycles. The summed E-state index contributed by atoms with van der Waals surface area (Å²) in [5, 5.41) is 3.42. The number of ether oxygens (including phenoxy) is 1.